The van der Waals surface area contributed by atoms with Crippen molar-refractivity contribution in [2.45, 2.75) is 57.5 Å². The van der Waals surface area contributed by atoms with Crippen LogP contribution in [0.1, 0.15) is 48.8 Å². The normalized spacial score (nSPS) is 13.9. The molecule has 192 valence electrons. The molecule has 0 fully saturated rings. The largest absolute Gasteiger partial charge is 0.354 e. The molecule has 0 heterocycles. The number of allylic oxidation sites excluding steroid dienone is 1. The summed E-state index contributed by atoms with van der Waals surface area (Å²) in [7, 11) is 0. The number of hydrogen-bond acceptors (Lipinski definition) is 2. The summed E-state index contributed by atoms with van der Waals surface area (Å²) in [6, 6.07) is 26.5. The summed E-state index contributed by atoms with van der Waals surface area (Å²) in [6.07, 6.45) is 8.55. The van der Waals surface area contributed by atoms with Crippen molar-refractivity contribution < 1.29 is 9.59 Å². The van der Waals surface area contributed by atoms with Gasteiger partial charge in [0.25, 0.3) is 0 Å². The molecule has 1 N–H and O–H groups in total. The molecule has 3 aromatic carbocycles. The summed E-state index contributed by atoms with van der Waals surface area (Å²) in [5.74, 6) is -0.196. The van der Waals surface area contributed by atoms with Gasteiger partial charge in [0, 0.05) is 24.5 Å². The van der Waals surface area contributed by atoms with Crippen LogP contribution in [0, 0.1) is 0 Å². The Labute approximate surface area is 225 Å². The fourth-order valence-corrected chi connectivity index (χ4v) is 4.93. The van der Waals surface area contributed by atoms with E-state index in [4.69, 9.17) is 11.6 Å². The van der Waals surface area contributed by atoms with Gasteiger partial charge in [-0.15, -0.1) is 0 Å². The first-order chi connectivity index (χ1) is 18.1. The van der Waals surface area contributed by atoms with Crippen LogP contribution >= 0.6 is 11.6 Å². The first-order valence-corrected chi connectivity index (χ1v) is 13.5. The number of benzene rings is 3. The highest BCUT2D eigenvalue weighted by molar-refractivity contribution is 6.30. The number of carbonyl (C=O) groups excluding carboxylic acids is 2. The molecule has 2 amide bonds. The Morgan fingerprint density at radius 1 is 0.838 bits per heavy atom. The van der Waals surface area contributed by atoms with Crippen molar-refractivity contribution in [1.82, 2.24) is 10.2 Å². The number of nitrogens with zero attached hydrogens (tertiary/aromatic N) is 1. The Bertz CT molecular complexity index is 1180. The van der Waals surface area contributed by atoms with Crippen LogP contribution in [-0.2, 0) is 29.0 Å². The van der Waals surface area contributed by atoms with Gasteiger partial charge in [0.1, 0.15) is 6.04 Å². The lowest BCUT2D eigenvalue weighted by molar-refractivity contribution is -0.140. The first-order valence-electron chi connectivity index (χ1n) is 13.2. The monoisotopic (exact) mass is 514 g/mol. The van der Waals surface area contributed by atoms with Crippen LogP contribution in [0.15, 0.2) is 96.6 Å². The maximum atomic E-state index is 13.8. The molecule has 0 aliphatic heterocycles. The highest BCUT2D eigenvalue weighted by atomic mass is 35.5. The molecule has 0 spiro atoms. The SMILES string of the molecule is O=C(NCCC1=CCCCC1)[C@@H](Cc1ccccc1)N(Cc1ccccc1)C(=O)Cc1ccc(Cl)cc1. The van der Waals surface area contributed by atoms with Crippen LogP contribution in [0.25, 0.3) is 0 Å². The van der Waals surface area contributed by atoms with Crippen molar-refractivity contribution in [3.8, 4) is 0 Å². The van der Waals surface area contributed by atoms with Crippen LogP contribution in [0.5, 0.6) is 0 Å². The molecule has 0 bridgehead atoms. The highest BCUT2D eigenvalue weighted by Crippen LogP contribution is 2.20. The molecule has 0 radical (unpaired) electrons. The van der Waals surface area contributed by atoms with Gasteiger partial charge < -0.3 is 10.2 Å². The lowest BCUT2D eigenvalue weighted by Gasteiger charge is -2.32. The van der Waals surface area contributed by atoms with Crippen molar-refractivity contribution in [2.24, 2.45) is 0 Å². The second kappa shape index (κ2) is 13.8. The Balaban J connectivity index is 1.57. The summed E-state index contributed by atoms with van der Waals surface area (Å²) in [5, 5.41) is 3.78. The summed E-state index contributed by atoms with van der Waals surface area (Å²) in [4.78, 5) is 29.2. The van der Waals surface area contributed by atoms with Gasteiger partial charge in [0.05, 0.1) is 6.42 Å². The van der Waals surface area contributed by atoms with Gasteiger partial charge in [-0.25, -0.2) is 0 Å². The third kappa shape index (κ3) is 8.33. The quantitative estimate of drug-likeness (QED) is 0.296. The van der Waals surface area contributed by atoms with Gasteiger partial charge in [-0.3, -0.25) is 9.59 Å². The molecule has 3 aromatic rings. The van der Waals surface area contributed by atoms with Crippen molar-refractivity contribution in [1.29, 1.82) is 0 Å². The molecule has 1 aliphatic rings. The lowest BCUT2D eigenvalue weighted by Crippen LogP contribution is -2.51. The van der Waals surface area contributed by atoms with Crippen molar-refractivity contribution >= 4 is 23.4 Å². The molecule has 37 heavy (non-hydrogen) atoms. The van der Waals surface area contributed by atoms with Crippen LogP contribution in [0.2, 0.25) is 5.02 Å². The zero-order valence-electron chi connectivity index (χ0n) is 21.2. The Hall–Kier alpha value is -3.37. The van der Waals surface area contributed by atoms with E-state index in [0.717, 1.165) is 36.0 Å². The van der Waals surface area contributed by atoms with Crippen LogP contribution in [0.3, 0.4) is 0 Å². The van der Waals surface area contributed by atoms with Crippen LogP contribution in [-0.4, -0.2) is 29.3 Å². The molecular formula is C32H35ClN2O2. The average Bonchev–Trinajstić information content (AvgIpc) is 2.93. The predicted octanol–water partition coefficient (Wildman–Crippen LogP) is 6.53. The van der Waals surface area contributed by atoms with E-state index in [9.17, 15) is 9.59 Å². The number of halogens is 1. The molecule has 4 nitrogen and oxygen atoms in total. The number of carbonyl (C=O) groups is 2. The highest BCUT2D eigenvalue weighted by Gasteiger charge is 2.30. The minimum atomic E-state index is -0.622. The minimum Gasteiger partial charge on any atom is -0.354 e. The molecule has 4 rings (SSSR count). The predicted molar refractivity (Wildman–Crippen MR) is 150 cm³/mol. The molecular weight excluding hydrogens is 480 g/mol. The Morgan fingerprint density at radius 3 is 2.16 bits per heavy atom. The Kier molecular flexibility index (Phi) is 9.96. The first kappa shape index (κ1) is 26.7. The van der Waals surface area contributed by atoms with Crippen LogP contribution in [0.4, 0.5) is 0 Å². The van der Waals surface area contributed by atoms with Gasteiger partial charge in [-0.2, -0.15) is 0 Å². The molecule has 0 saturated heterocycles. The fraction of sp³-hybridized carbons (Fsp3) is 0.312. The minimum absolute atomic E-state index is 0.0859. The number of hydrogen-bond donors (Lipinski definition) is 1. The third-order valence-electron chi connectivity index (χ3n) is 6.87. The van der Waals surface area contributed by atoms with Gasteiger partial charge in [-0.05, 0) is 60.9 Å². The van der Waals surface area contributed by atoms with E-state index >= 15 is 0 Å². The van der Waals surface area contributed by atoms with E-state index < -0.39 is 6.04 Å². The van der Waals surface area contributed by atoms with E-state index in [-0.39, 0.29) is 18.2 Å². The van der Waals surface area contributed by atoms with Gasteiger partial charge in [0.2, 0.25) is 11.8 Å². The second-order valence-corrected chi connectivity index (χ2v) is 10.1. The third-order valence-corrected chi connectivity index (χ3v) is 7.12. The Morgan fingerprint density at radius 2 is 1.51 bits per heavy atom. The molecule has 0 saturated carbocycles. The average molecular weight is 515 g/mol. The van der Waals surface area contributed by atoms with E-state index in [1.807, 2.05) is 72.8 Å². The fourth-order valence-electron chi connectivity index (χ4n) is 4.81. The number of amides is 2. The van der Waals surface area contributed by atoms with E-state index in [0.29, 0.717) is 24.5 Å². The second-order valence-electron chi connectivity index (χ2n) is 9.67. The summed E-state index contributed by atoms with van der Waals surface area (Å²) < 4.78 is 0. The molecule has 1 atom stereocenters. The standard InChI is InChI=1S/C32H35ClN2O2/c33-29-18-16-27(17-19-29)23-31(36)35(24-28-14-8-3-9-15-28)30(22-26-12-6-2-7-13-26)32(37)34-21-20-25-10-4-1-5-11-25/h2-3,6-10,12-19,30H,1,4-5,11,20-24H2,(H,34,37)/t30-/m1/s1. The van der Waals surface area contributed by atoms with Gasteiger partial charge in [-0.1, -0.05) is 96.0 Å². The van der Waals surface area contributed by atoms with Crippen molar-refractivity contribution in [2.75, 3.05) is 6.54 Å². The molecule has 1 aliphatic carbocycles. The maximum Gasteiger partial charge on any atom is 0.243 e. The zero-order valence-corrected chi connectivity index (χ0v) is 22.0. The molecule has 0 unspecified atom stereocenters. The lowest BCUT2D eigenvalue weighted by atomic mass is 9.97. The van der Waals surface area contributed by atoms with Gasteiger partial charge >= 0.3 is 0 Å². The summed E-state index contributed by atoms with van der Waals surface area (Å²) in [5.41, 5.74) is 4.31. The van der Waals surface area contributed by atoms with Crippen molar-refractivity contribution in [3.05, 3.63) is 118 Å². The zero-order chi connectivity index (χ0) is 25.9. The summed E-state index contributed by atoms with van der Waals surface area (Å²) >= 11 is 6.05. The number of nitrogens with one attached hydrogen (secondary N) is 1. The van der Waals surface area contributed by atoms with E-state index in [1.165, 1.54) is 18.4 Å². The smallest absolute Gasteiger partial charge is 0.243 e. The van der Waals surface area contributed by atoms with Crippen LogP contribution < -0.4 is 5.32 Å². The number of rotatable bonds is 11. The van der Waals surface area contributed by atoms with E-state index in [2.05, 4.69) is 11.4 Å². The van der Waals surface area contributed by atoms with E-state index in [1.54, 1.807) is 17.0 Å². The summed E-state index contributed by atoms with van der Waals surface area (Å²) in [6.45, 7) is 0.948. The molecule has 5 heteroatoms. The topological polar surface area (TPSA) is 49.4 Å². The van der Waals surface area contributed by atoms with Gasteiger partial charge in [0.15, 0.2) is 0 Å². The molecule has 0 aromatic heterocycles. The maximum absolute atomic E-state index is 13.8. The van der Waals surface area contributed by atoms with Crippen molar-refractivity contribution in [3.63, 3.8) is 0 Å².